The lowest BCUT2D eigenvalue weighted by Crippen LogP contribution is -2.26. The summed E-state index contributed by atoms with van der Waals surface area (Å²) >= 11 is 23.4. The van der Waals surface area contributed by atoms with Gasteiger partial charge in [0.05, 0.1) is 10.7 Å². The summed E-state index contributed by atoms with van der Waals surface area (Å²) in [6, 6.07) is 4.63. The summed E-state index contributed by atoms with van der Waals surface area (Å²) in [5.41, 5.74) is -0.628. The van der Waals surface area contributed by atoms with Gasteiger partial charge in [-0.3, -0.25) is 9.59 Å². The van der Waals surface area contributed by atoms with E-state index in [1.54, 1.807) is 19.1 Å². The second-order valence-corrected chi connectivity index (χ2v) is 7.29. The number of halogens is 4. The Morgan fingerprint density at radius 2 is 1.95 bits per heavy atom. The molecule has 1 aromatic rings. The fraction of sp³-hybridized carbons (Fsp3) is 0.385. The molecule has 1 aliphatic rings. The molecule has 0 aliphatic heterocycles. The highest BCUT2D eigenvalue weighted by atomic mass is 35.5. The van der Waals surface area contributed by atoms with Crippen molar-refractivity contribution in [2.45, 2.75) is 17.7 Å². The van der Waals surface area contributed by atoms with Crippen LogP contribution in [0.3, 0.4) is 0 Å². The molecule has 0 bridgehead atoms. The van der Waals surface area contributed by atoms with E-state index in [4.69, 9.17) is 51.1 Å². The lowest BCUT2D eigenvalue weighted by molar-refractivity contribution is -0.152. The molecule has 1 aliphatic carbocycles. The topological polar surface area (TPSA) is 55.4 Å². The summed E-state index contributed by atoms with van der Waals surface area (Å²) in [6.07, 6.45) is 0.295. The monoisotopic (exact) mass is 369 g/mol. The van der Waals surface area contributed by atoms with Crippen molar-refractivity contribution in [1.82, 2.24) is 0 Å². The van der Waals surface area contributed by atoms with Crippen LogP contribution in [0.1, 0.15) is 13.3 Å². The van der Waals surface area contributed by atoms with Gasteiger partial charge < -0.3 is 10.1 Å². The van der Waals surface area contributed by atoms with Gasteiger partial charge in [-0.2, -0.15) is 0 Å². The molecule has 4 nitrogen and oxygen atoms in total. The molecule has 0 unspecified atom stereocenters. The standard InChI is InChI=1S/C13H11Cl4NO3/c1-12(6-13(12,16)17)11(20)21-5-10(19)18-9-4-7(14)2-3-8(9)15/h2-4H,5-6H2,1H3,(H,18,19)/t12-/m1/s1. The largest absolute Gasteiger partial charge is 0.455 e. The smallest absolute Gasteiger partial charge is 0.315 e. The number of esters is 1. The number of carbonyl (C=O) groups is 2. The summed E-state index contributed by atoms with van der Waals surface area (Å²) in [6.45, 7) is 1.13. The van der Waals surface area contributed by atoms with Crippen LogP contribution in [0, 0.1) is 5.41 Å². The molecule has 21 heavy (non-hydrogen) atoms. The third kappa shape index (κ3) is 3.57. The van der Waals surface area contributed by atoms with E-state index in [1.165, 1.54) is 6.07 Å². The SMILES string of the molecule is C[C@]1(C(=O)OCC(=O)Nc2cc(Cl)ccc2Cl)CC1(Cl)Cl. The van der Waals surface area contributed by atoms with Crippen molar-refractivity contribution >= 4 is 64.0 Å². The van der Waals surface area contributed by atoms with Crippen molar-refractivity contribution in [3.63, 3.8) is 0 Å². The number of amides is 1. The van der Waals surface area contributed by atoms with Gasteiger partial charge in [-0.1, -0.05) is 23.2 Å². The lowest BCUT2D eigenvalue weighted by atomic mass is 10.1. The van der Waals surface area contributed by atoms with Crippen molar-refractivity contribution < 1.29 is 14.3 Å². The van der Waals surface area contributed by atoms with E-state index in [2.05, 4.69) is 5.32 Å². The quantitative estimate of drug-likeness (QED) is 0.642. The van der Waals surface area contributed by atoms with Crippen LogP contribution in [0.25, 0.3) is 0 Å². The van der Waals surface area contributed by atoms with E-state index in [0.29, 0.717) is 22.2 Å². The molecule has 1 fully saturated rings. The van der Waals surface area contributed by atoms with Gasteiger partial charge in [0.1, 0.15) is 9.75 Å². The maximum absolute atomic E-state index is 11.8. The molecule has 114 valence electrons. The zero-order valence-electron chi connectivity index (χ0n) is 10.9. The van der Waals surface area contributed by atoms with E-state index < -0.39 is 28.2 Å². The zero-order valence-corrected chi connectivity index (χ0v) is 13.9. The van der Waals surface area contributed by atoms with Gasteiger partial charge in [0.2, 0.25) is 0 Å². The number of nitrogens with one attached hydrogen (secondary N) is 1. The average Bonchev–Trinajstić information content (AvgIpc) is 2.91. The molecule has 1 amide bonds. The second kappa shape index (κ2) is 5.84. The van der Waals surface area contributed by atoms with E-state index in [0.717, 1.165) is 0 Å². The minimum absolute atomic E-state index is 0.295. The van der Waals surface area contributed by atoms with Gasteiger partial charge in [0.15, 0.2) is 6.61 Å². The first-order chi connectivity index (χ1) is 9.65. The van der Waals surface area contributed by atoms with E-state index in [-0.39, 0.29) is 0 Å². The zero-order chi connectivity index (χ0) is 15.8. The van der Waals surface area contributed by atoms with Crippen molar-refractivity contribution in [3.05, 3.63) is 28.2 Å². The van der Waals surface area contributed by atoms with Gasteiger partial charge >= 0.3 is 5.97 Å². The van der Waals surface area contributed by atoms with Gasteiger partial charge in [0.25, 0.3) is 5.91 Å². The number of ether oxygens (including phenoxy) is 1. The molecule has 0 aromatic heterocycles. The van der Waals surface area contributed by atoms with Gasteiger partial charge in [-0.25, -0.2) is 0 Å². The molecule has 8 heteroatoms. The Balaban J connectivity index is 1.89. The fourth-order valence-electron chi connectivity index (χ4n) is 1.69. The molecule has 0 saturated heterocycles. The Kier molecular flexibility index (Phi) is 4.64. The Bertz CT molecular complexity index is 605. The molecule has 0 spiro atoms. The highest BCUT2D eigenvalue weighted by Crippen LogP contribution is 2.64. The van der Waals surface area contributed by atoms with Crippen LogP contribution in [0.15, 0.2) is 18.2 Å². The second-order valence-electron chi connectivity index (χ2n) is 4.96. The first kappa shape index (κ1) is 16.7. The Morgan fingerprint density at radius 3 is 2.52 bits per heavy atom. The number of hydrogen-bond donors (Lipinski definition) is 1. The lowest BCUT2D eigenvalue weighted by Gasteiger charge is -2.12. The minimum atomic E-state index is -1.13. The fourth-order valence-corrected chi connectivity index (χ4v) is 2.72. The molecule has 2 rings (SSSR count). The molecule has 1 aromatic carbocycles. The van der Waals surface area contributed by atoms with Crippen LogP contribution >= 0.6 is 46.4 Å². The van der Waals surface area contributed by atoms with Crippen molar-refractivity contribution in [3.8, 4) is 0 Å². The van der Waals surface area contributed by atoms with Gasteiger partial charge in [-0.05, 0) is 25.1 Å². The van der Waals surface area contributed by atoms with Crippen LogP contribution in [-0.4, -0.2) is 22.8 Å². The van der Waals surface area contributed by atoms with E-state index in [9.17, 15) is 9.59 Å². The molecule has 0 heterocycles. The van der Waals surface area contributed by atoms with Crippen LogP contribution in [0.2, 0.25) is 10.0 Å². The number of carbonyl (C=O) groups excluding carboxylic acids is 2. The highest BCUT2D eigenvalue weighted by Gasteiger charge is 2.69. The van der Waals surface area contributed by atoms with Crippen LogP contribution < -0.4 is 5.32 Å². The van der Waals surface area contributed by atoms with E-state index in [1.807, 2.05) is 0 Å². The van der Waals surface area contributed by atoms with Gasteiger partial charge in [0, 0.05) is 11.4 Å². The molecule has 1 saturated carbocycles. The van der Waals surface area contributed by atoms with Crippen molar-refractivity contribution in [2.24, 2.45) is 5.41 Å². The average molecular weight is 371 g/mol. The normalized spacial score (nSPS) is 22.5. The number of alkyl halides is 2. The molecular weight excluding hydrogens is 360 g/mol. The van der Waals surface area contributed by atoms with Crippen molar-refractivity contribution in [1.29, 1.82) is 0 Å². The summed E-state index contributed by atoms with van der Waals surface area (Å²) in [5.74, 6) is -1.15. The molecule has 1 N–H and O–H groups in total. The number of anilines is 1. The van der Waals surface area contributed by atoms with Crippen LogP contribution in [0.4, 0.5) is 5.69 Å². The third-order valence-corrected chi connectivity index (χ3v) is 4.91. The maximum Gasteiger partial charge on any atom is 0.315 e. The number of benzene rings is 1. The summed E-state index contributed by atoms with van der Waals surface area (Å²) in [7, 11) is 0. The predicted octanol–water partition coefficient (Wildman–Crippen LogP) is 4.06. The van der Waals surface area contributed by atoms with Crippen molar-refractivity contribution in [2.75, 3.05) is 11.9 Å². The van der Waals surface area contributed by atoms with Gasteiger partial charge in [-0.15, -0.1) is 23.2 Å². The molecular formula is C13H11Cl4NO3. The Morgan fingerprint density at radius 1 is 1.33 bits per heavy atom. The first-order valence-electron chi connectivity index (χ1n) is 5.96. The van der Waals surface area contributed by atoms with E-state index >= 15 is 0 Å². The summed E-state index contributed by atoms with van der Waals surface area (Å²) in [5, 5.41) is 3.25. The number of rotatable bonds is 4. The summed E-state index contributed by atoms with van der Waals surface area (Å²) in [4.78, 5) is 23.5. The highest BCUT2D eigenvalue weighted by molar-refractivity contribution is 6.53. The molecule has 0 radical (unpaired) electrons. The molecule has 1 atom stereocenters. The first-order valence-corrected chi connectivity index (χ1v) is 7.47. The minimum Gasteiger partial charge on any atom is -0.455 e. The Labute approximate surface area is 141 Å². The number of hydrogen-bond acceptors (Lipinski definition) is 3. The van der Waals surface area contributed by atoms with Crippen LogP contribution in [-0.2, 0) is 14.3 Å². The third-order valence-electron chi connectivity index (χ3n) is 3.25. The Hall–Kier alpha value is -0.680. The maximum atomic E-state index is 11.8. The predicted molar refractivity (Wildman–Crippen MR) is 83.2 cm³/mol. The summed E-state index contributed by atoms with van der Waals surface area (Å²) < 4.78 is 3.78. The van der Waals surface area contributed by atoms with Crippen LogP contribution in [0.5, 0.6) is 0 Å².